The molecule has 0 saturated carbocycles. The van der Waals surface area contributed by atoms with Gasteiger partial charge in [0.05, 0.1) is 5.75 Å². The summed E-state index contributed by atoms with van der Waals surface area (Å²) in [7, 11) is -3.76. The standard InChI is InChI=1S/C24H25NO4S/c1-3-25(21-13-6-4-7-14-21)24(26)19(2)30(27,28)18-20-12-10-11-17-23(20)29-22-15-8-5-9-16-22/h4-17,19H,3,18H2,1-2H3. The van der Waals surface area contributed by atoms with Gasteiger partial charge in [0, 0.05) is 17.8 Å². The van der Waals surface area contributed by atoms with Crippen LogP contribution in [0.1, 0.15) is 19.4 Å². The predicted octanol–water partition coefficient (Wildman–Crippen LogP) is 4.84. The first-order chi connectivity index (χ1) is 14.4. The van der Waals surface area contributed by atoms with Gasteiger partial charge in [-0.1, -0.05) is 54.6 Å². The fraction of sp³-hybridized carbons (Fsp3) is 0.208. The Bertz CT molecular complexity index is 1080. The number of para-hydroxylation sites is 3. The molecule has 1 atom stereocenters. The molecule has 156 valence electrons. The maximum absolute atomic E-state index is 13.1. The van der Waals surface area contributed by atoms with Gasteiger partial charge in [-0.15, -0.1) is 0 Å². The molecule has 0 bridgehead atoms. The first-order valence-electron chi connectivity index (χ1n) is 9.81. The Labute approximate surface area is 177 Å². The quantitative estimate of drug-likeness (QED) is 0.520. The summed E-state index contributed by atoms with van der Waals surface area (Å²) in [6, 6.07) is 25.2. The van der Waals surface area contributed by atoms with Crippen molar-refractivity contribution in [2.24, 2.45) is 0 Å². The third-order valence-corrected chi connectivity index (χ3v) is 6.83. The fourth-order valence-electron chi connectivity index (χ4n) is 3.13. The molecule has 0 heterocycles. The topological polar surface area (TPSA) is 63.7 Å². The van der Waals surface area contributed by atoms with Crippen LogP contribution in [0, 0.1) is 0 Å². The summed E-state index contributed by atoms with van der Waals surface area (Å²) in [4.78, 5) is 14.5. The van der Waals surface area contributed by atoms with Crippen molar-refractivity contribution in [2.45, 2.75) is 24.9 Å². The van der Waals surface area contributed by atoms with Crippen molar-refractivity contribution >= 4 is 21.4 Å². The van der Waals surface area contributed by atoms with Crippen LogP contribution in [0.15, 0.2) is 84.9 Å². The van der Waals surface area contributed by atoms with E-state index in [0.29, 0.717) is 29.3 Å². The highest BCUT2D eigenvalue weighted by Gasteiger charge is 2.32. The van der Waals surface area contributed by atoms with Crippen molar-refractivity contribution in [3.63, 3.8) is 0 Å². The van der Waals surface area contributed by atoms with Crippen LogP contribution in [0.3, 0.4) is 0 Å². The van der Waals surface area contributed by atoms with E-state index in [-0.39, 0.29) is 5.75 Å². The Morgan fingerprint density at radius 1 is 0.900 bits per heavy atom. The zero-order valence-electron chi connectivity index (χ0n) is 17.1. The number of hydrogen-bond acceptors (Lipinski definition) is 4. The van der Waals surface area contributed by atoms with E-state index in [0.717, 1.165) is 0 Å². The zero-order valence-corrected chi connectivity index (χ0v) is 17.9. The van der Waals surface area contributed by atoms with Crippen molar-refractivity contribution in [1.29, 1.82) is 0 Å². The van der Waals surface area contributed by atoms with Gasteiger partial charge in [0.25, 0.3) is 0 Å². The molecule has 30 heavy (non-hydrogen) atoms. The first-order valence-corrected chi connectivity index (χ1v) is 11.5. The van der Waals surface area contributed by atoms with Crippen LogP contribution in [-0.4, -0.2) is 26.1 Å². The summed E-state index contributed by atoms with van der Waals surface area (Å²) in [6.45, 7) is 3.66. The average Bonchev–Trinajstić information content (AvgIpc) is 2.76. The van der Waals surface area contributed by atoms with Gasteiger partial charge in [-0.2, -0.15) is 0 Å². The molecule has 5 nitrogen and oxygen atoms in total. The van der Waals surface area contributed by atoms with Crippen LogP contribution in [0.5, 0.6) is 11.5 Å². The number of benzene rings is 3. The van der Waals surface area contributed by atoms with E-state index in [1.54, 1.807) is 48.5 Å². The lowest BCUT2D eigenvalue weighted by atomic mass is 10.2. The predicted molar refractivity (Wildman–Crippen MR) is 120 cm³/mol. The monoisotopic (exact) mass is 423 g/mol. The summed E-state index contributed by atoms with van der Waals surface area (Å²) in [5.74, 6) is 0.357. The maximum Gasteiger partial charge on any atom is 0.245 e. The normalized spacial score (nSPS) is 12.2. The number of carbonyl (C=O) groups excluding carboxylic acids is 1. The minimum Gasteiger partial charge on any atom is -0.457 e. The van der Waals surface area contributed by atoms with Gasteiger partial charge in [0.2, 0.25) is 5.91 Å². The summed E-state index contributed by atoms with van der Waals surface area (Å²) < 4.78 is 32.1. The molecule has 3 aromatic rings. The Kier molecular flexibility index (Phi) is 6.90. The minimum atomic E-state index is -3.76. The van der Waals surface area contributed by atoms with E-state index in [2.05, 4.69) is 0 Å². The summed E-state index contributed by atoms with van der Waals surface area (Å²) >= 11 is 0. The molecule has 0 aromatic heterocycles. The molecule has 0 spiro atoms. The van der Waals surface area contributed by atoms with Gasteiger partial charge in [-0.25, -0.2) is 8.42 Å². The number of nitrogens with zero attached hydrogens (tertiary/aromatic N) is 1. The van der Waals surface area contributed by atoms with Gasteiger partial charge in [0.1, 0.15) is 16.7 Å². The number of rotatable bonds is 8. The van der Waals surface area contributed by atoms with Gasteiger partial charge in [-0.05, 0) is 44.2 Å². The summed E-state index contributed by atoms with van der Waals surface area (Å²) in [6.07, 6.45) is 0. The lowest BCUT2D eigenvalue weighted by Gasteiger charge is -2.24. The number of hydrogen-bond donors (Lipinski definition) is 0. The van der Waals surface area contributed by atoms with E-state index in [9.17, 15) is 13.2 Å². The average molecular weight is 424 g/mol. The van der Waals surface area contributed by atoms with Crippen LogP contribution >= 0.6 is 0 Å². The van der Waals surface area contributed by atoms with Crippen molar-refractivity contribution < 1.29 is 17.9 Å². The second-order valence-corrected chi connectivity index (χ2v) is 9.21. The molecular formula is C24H25NO4S. The number of ether oxygens (including phenoxy) is 1. The lowest BCUT2D eigenvalue weighted by molar-refractivity contribution is -0.117. The molecule has 0 saturated heterocycles. The first kappa shape index (κ1) is 21.6. The molecule has 1 amide bonds. The molecular weight excluding hydrogens is 398 g/mol. The van der Waals surface area contributed by atoms with Crippen molar-refractivity contribution in [1.82, 2.24) is 0 Å². The highest BCUT2D eigenvalue weighted by Crippen LogP contribution is 2.28. The molecule has 3 aromatic carbocycles. The largest absolute Gasteiger partial charge is 0.457 e. The SMILES string of the molecule is CCN(C(=O)C(C)S(=O)(=O)Cc1ccccc1Oc1ccccc1)c1ccccc1. The van der Waals surface area contributed by atoms with Gasteiger partial charge < -0.3 is 9.64 Å². The van der Waals surface area contributed by atoms with Crippen molar-refractivity contribution in [3.05, 3.63) is 90.5 Å². The summed E-state index contributed by atoms with van der Waals surface area (Å²) in [5.41, 5.74) is 1.20. The zero-order chi connectivity index (χ0) is 21.6. The van der Waals surface area contributed by atoms with Gasteiger partial charge in [-0.3, -0.25) is 4.79 Å². The Morgan fingerprint density at radius 2 is 1.47 bits per heavy atom. The Morgan fingerprint density at radius 3 is 2.10 bits per heavy atom. The van der Waals surface area contributed by atoms with E-state index in [1.165, 1.54) is 11.8 Å². The molecule has 0 aliphatic rings. The lowest BCUT2D eigenvalue weighted by Crippen LogP contribution is -2.42. The minimum absolute atomic E-state index is 0.282. The highest BCUT2D eigenvalue weighted by atomic mass is 32.2. The Balaban J connectivity index is 1.82. The molecule has 0 fully saturated rings. The van der Waals surface area contributed by atoms with E-state index >= 15 is 0 Å². The van der Waals surface area contributed by atoms with Crippen molar-refractivity contribution in [2.75, 3.05) is 11.4 Å². The van der Waals surface area contributed by atoms with Crippen LogP contribution in [0.2, 0.25) is 0 Å². The van der Waals surface area contributed by atoms with Crippen LogP contribution in [-0.2, 0) is 20.4 Å². The molecule has 0 N–H and O–H groups in total. The van der Waals surface area contributed by atoms with Crippen LogP contribution < -0.4 is 9.64 Å². The molecule has 3 rings (SSSR count). The van der Waals surface area contributed by atoms with Gasteiger partial charge in [0.15, 0.2) is 9.84 Å². The maximum atomic E-state index is 13.1. The smallest absolute Gasteiger partial charge is 0.245 e. The fourth-order valence-corrected chi connectivity index (χ4v) is 4.48. The van der Waals surface area contributed by atoms with E-state index in [1.807, 2.05) is 43.3 Å². The molecule has 0 aliphatic heterocycles. The molecule has 1 unspecified atom stereocenters. The van der Waals surface area contributed by atoms with Crippen LogP contribution in [0.25, 0.3) is 0 Å². The molecule has 0 radical (unpaired) electrons. The second-order valence-electron chi connectivity index (χ2n) is 6.89. The number of sulfone groups is 1. The van der Waals surface area contributed by atoms with Gasteiger partial charge >= 0.3 is 0 Å². The number of anilines is 1. The van der Waals surface area contributed by atoms with E-state index in [4.69, 9.17) is 4.74 Å². The third kappa shape index (κ3) is 5.07. The number of carbonyl (C=O) groups is 1. The third-order valence-electron chi connectivity index (χ3n) is 4.84. The summed E-state index contributed by atoms with van der Waals surface area (Å²) in [5, 5.41) is -1.18. The molecule has 6 heteroatoms. The molecule has 0 aliphatic carbocycles. The second kappa shape index (κ2) is 9.59. The van der Waals surface area contributed by atoms with Crippen LogP contribution in [0.4, 0.5) is 5.69 Å². The number of amides is 1. The van der Waals surface area contributed by atoms with E-state index < -0.39 is 21.0 Å². The highest BCUT2D eigenvalue weighted by molar-refractivity contribution is 7.92. The Hall–Kier alpha value is -3.12. The van der Waals surface area contributed by atoms with Crippen molar-refractivity contribution in [3.8, 4) is 11.5 Å².